The highest BCUT2D eigenvalue weighted by Crippen LogP contribution is 1.97. The summed E-state index contributed by atoms with van der Waals surface area (Å²) in [6, 6.07) is 4.95. The molecule has 0 unspecified atom stereocenters. The van der Waals surface area contributed by atoms with Crippen LogP contribution in [0, 0.1) is 0 Å². The fraction of sp³-hybridized carbons (Fsp3) is 0.167. The monoisotopic (exact) mass is 141 g/mol. The van der Waals surface area contributed by atoms with Gasteiger partial charge in [0.1, 0.15) is 0 Å². The van der Waals surface area contributed by atoms with Crippen LogP contribution >= 0.6 is 12.6 Å². The summed E-state index contributed by atoms with van der Waals surface area (Å²) in [6.45, 7) is 0. The van der Waals surface area contributed by atoms with Gasteiger partial charge in [-0.05, 0) is 6.07 Å². The molecule has 0 N–H and O–H groups in total. The second kappa shape index (κ2) is 2.27. The average molecular weight is 141 g/mol. The minimum absolute atomic E-state index is 0.0255. The molecular weight excluding hydrogens is 134 g/mol. The van der Waals surface area contributed by atoms with E-state index < -0.39 is 0 Å². The Labute approximate surface area is 58.5 Å². The lowest BCUT2D eigenvalue weighted by atomic mass is 10.5. The van der Waals surface area contributed by atoms with Crippen LogP contribution in [0.4, 0.5) is 0 Å². The third kappa shape index (κ3) is 1.16. The highest BCUT2D eigenvalue weighted by atomic mass is 32.1. The van der Waals surface area contributed by atoms with Gasteiger partial charge in [0.25, 0.3) is 5.56 Å². The fourth-order valence-electron chi connectivity index (χ4n) is 0.553. The lowest BCUT2D eigenvalue weighted by molar-refractivity contribution is 0.768. The molecule has 0 aromatic carbocycles. The second-order valence-corrected chi connectivity index (χ2v) is 2.24. The number of rotatable bonds is 0. The molecule has 1 heterocycles. The number of hydrogen-bond acceptors (Lipinski definition) is 2. The van der Waals surface area contributed by atoms with E-state index in [1.165, 1.54) is 10.6 Å². The summed E-state index contributed by atoms with van der Waals surface area (Å²) in [4.78, 5) is 10.8. The molecule has 0 radical (unpaired) electrons. The van der Waals surface area contributed by atoms with Crippen molar-refractivity contribution in [1.82, 2.24) is 4.57 Å². The molecule has 0 atom stereocenters. The number of nitrogens with zero attached hydrogens (tertiary/aromatic N) is 1. The molecule has 1 aromatic rings. The molecule has 48 valence electrons. The van der Waals surface area contributed by atoms with Gasteiger partial charge in [0, 0.05) is 13.1 Å². The zero-order valence-electron chi connectivity index (χ0n) is 5.03. The molecule has 0 aliphatic carbocycles. The Morgan fingerprint density at radius 3 is 2.67 bits per heavy atom. The van der Waals surface area contributed by atoms with Crippen LogP contribution in [0.25, 0.3) is 0 Å². The topological polar surface area (TPSA) is 22.0 Å². The van der Waals surface area contributed by atoms with Crippen molar-refractivity contribution in [1.29, 1.82) is 0 Å². The summed E-state index contributed by atoms with van der Waals surface area (Å²) in [5.74, 6) is 0. The maximum atomic E-state index is 10.8. The molecule has 3 heteroatoms. The predicted octanol–water partition coefficient (Wildman–Crippen LogP) is 0.674. The molecule has 0 aliphatic rings. The zero-order chi connectivity index (χ0) is 6.85. The first-order valence-electron chi connectivity index (χ1n) is 2.57. The van der Waals surface area contributed by atoms with Crippen molar-refractivity contribution in [3.63, 3.8) is 0 Å². The fourth-order valence-corrected chi connectivity index (χ4v) is 0.738. The number of hydrogen-bond donors (Lipinski definition) is 1. The smallest absolute Gasteiger partial charge is 0.251 e. The standard InChI is InChI=1S/C6H7NOS/c1-7-5(8)3-2-4-6(7)9/h2-4,9H,1H3. The minimum atomic E-state index is -0.0255. The summed E-state index contributed by atoms with van der Waals surface area (Å²) in [7, 11) is 1.69. The van der Waals surface area contributed by atoms with Crippen LogP contribution < -0.4 is 5.56 Å². The maximum Gasteiger partial charge on any atom is 0.251 e. The van der Waals surface area contributed by atoms with Gasteiger partial charge in [-0.2, -0.15) is 0 Å². The maximum absolute atomic E-state index is 10.8. The quantitative estimate of drug-likeness (QED) is 0.527. The molecule has 0 bridgehead atoms. The van der Waals surface area contributed by atoms with E-state index in [1.807, 2.05) is 0 Å². The van der Waals surface area contributed by atoms with Crippen molar-refractivity contribution in [3.8, 4) is 0 Å². The SMILES string of the molecule is Cn1c(S)cccc1=O. The van der Waals surface area contributed by atoms with Crippen molar-refractivity contribution in [3.05, 3.63) is 28.6 Å². The third-order valence-electron chi connectivity index (χ3n) is 1.16. The van der Waals surface area contributed by atoms with Crippen LogP contribution in [0.2, 0.25) is 0 Å². The first kappa shape index (κ1) is 6.42. The van der Waals surface area contributed by atoms with Gasteiger partial charge in [0.05, 0.1) is 5.03 Å². The molecule has 2 nitrogen and oxygen atoms in total. The van der Waals surface area contributed by atoms with E-state index in [-0.39, 0.29) is 5.56 Å². The van der Waals surface area contributed by atoms with E-state index in [0.29, 0.717) is 5.03 Å². The van der Waals surface area contributed by atoms with Crippen molar-refractivity contribution in [2.45, 2.75) is 5.03 Å². The van der Waals surface area contributed by atoms with E-state index in [4.69, 9.17) is 0 Å². The first-order valence-corrected chi connectivity index (χ1v) is 3.01. The van der Waals surface area contributed by atoms with Crippen LogP contribution in [0.1, 0.15) is 0 Å². The van der Waals surface area contributed by atoms with E-state index >= 15 is 0 Å². The zero-order valence-corrected chi connectivity index (χ0v) is 5.93. The van der Waals surface area contributed by atoms with E-state index in [0.717, 1.165) is 0 Å². The molecule has 1 aromatic heterocycles. The van der Waals surface area contributed by atoms with Gasteiger partial charge in [-0.1, -0.05) is 6.07 Å². The van der Waals surface area contributed by atoms with Crippen molar-refractivity contribution >= 4 is 12.6 Å². The Bertz CT molecular complexity index is 266. The largest absolute Gasteiger partial charge is 0.307 e. The first-order chi connectivity index (χ1) is 4.22. The molecule has 0 amide bonds. The Hall–Kier alpha value is -0.700. The Balaban J connectivity index is 3.43. The van der Waals surface area contributed by atoms with Crippen LogP contribution in [-0.4, -0.2) is 4.57 Å². The van der Waals surface area contributed by atoms with Crippen LogP contribution in [0.15, 0.2) is 28.0 Å². The number of pyridine rings is 1. The predicted molar refractivity (Wildman–Crippen MR) is 38.9 cm³/mol. The molecule has 0 aliphatic heterocycles. The normalized spacial score (nSPS) is 9.56. The number of aromatic nitrogens is 1. The summed E-state index contributed by atoms with van der Waals surface area (Å²) in [6.07, 6.45) is 0. The Morgan fingerprint density at radius 1 is 1.56 bits per heavy atom. The van der Waals surface area contributed by atoms with Gasteiger partial charge < -0.3 is 4.57 Å². The summed E-state index contributed by atoms with van der Waals surface area (Å²) >= 11 is 4.03. The molecule has 0 saturated heterocycles. The number of thiol groups is 1. The van der Waals surface area contributed by atoms with E-state index in [2.05, 4.69) is 12.6 Å². The summed E-state index contributed by atoms with van der Waals surface area (Å²) in [5.41, 5.74) is -0.0255. The van der Waals surface area contributed by atoms with Gasteiger partial charge in [-0.15, -0.1) is 12.6 Å². The van der Waals surface area contributed by atoms with E-state index in [9.17, 15) is 4.79 Å². The van der Waals surface area contributed by atoms with Crippen LogP contribution in [-0.2, 0) is 7.05 Å². The van der Waals surface area contributed by atoms with Gasteiger partial charge in [0.15, 0.2) is 0 Å². The molecule has 9 heavy (non-hydrogen) atoms. The van der Waals surface area contributed by atoms with Crippen LogP contribution in [0.3, 0.4) is 0 Å². The van der Waals surface area contributed by atoms with Crippen molar-refractivity contribution in [2.75, 3.05) is 0 Å². The lowest BCUT2D eigenvalue weighted by Crippen LogP contribution is -2.14. The average Bonchev–Trinajstić information content (AvgIpc) is 1.83. The van der Waals surface area contributed by atoms with Gasteiger partial charge in [-0.3, -0.25) is 4.79 Å². The highest BCUT2D eigenvalue weighted by Gasteiger charge is 1.89. The Morgan fingerprint density at radius 2 is 2.22 bits per heavy atom. The molecule has 0 spiro atoms. The van der Waals surface area contributed by atoms with Gasteiger partial charge in [0.2, 0.25) is 0 Å². The molecule has 1 rings (SSSR count). The van der Waals surface area contributed by atoms with Crippen LogP contribution in [0.5, 0.6) is 0 Å². The Kier molecular flexibility index (Phi) is 1.62. The summed E-state index contributed by atoms with van der Waals surface area (Å²) in [5, 5.41) is 0.683. The van der Waals surface area contributed by atoms with Gasteiger partial charge >= 0.3 is 0 Å². The molecule has 0 fully saturated rings. The third-order valence-corrected chi connectivity index (χ3v) is 1.61. The highest BCUT2D eigenvalue weighted by molar-refractivity contribution is 7.80. The van der Waals surface area contributed by atoms with Crippen molar-refractivity contribution in [2.24, 2.45) is 7.05 Å². The summed E-state index contributed by atoms with van der Waals surface area (Å²) < 4.78 is 1.48. The minimum Gasteiger partial charge on any atom is -0.307 e. The molecule has 0 saturated carbocycles. The second-order valence-electron chi connectivity index (χ2n) is 1.78. The lowest BCUT2D eigenvalue weighted by Gasteiger charge is -1.97. The van der Waals surface area contributed by atoms with Gasteiger partial charge in [-0.25, -0.2) is 0 Å². The molecular formula is C6H7NOS. The van der Waals surface area contributed by atoms with Crippen molar-refractivity contribution < 1.29 is 0 Å². The van der Waals surface area contributed by atoms with E-state index in [1.54, 1.807) is 19.2 Å².